The first-order valence-corrected chi connectivity index (χ1v) is 30.1. The number of allylic oxidation sites excluding steroid dienone is 1. The van der Waals surface area contributed by atoms with Gasteiger partial charge in [-0.15, -0.1) is 0 Å². The van der Waals surface area contributed by atoms with Crippen LogP contribution in [0.2, 0.25) is 0 Å². The second-order valence-electron chi connectivity index (χ2n) is 26.4. The van der Waals surface area contributed by atoms with E-state index in [2.05, 4.69) is 77.4 Å². The van der Waals surface area contributed by atoms with Gasteiger partial charge in [0.05, 0.1) is 47.6 Å². The quantitative estimate of drug-likeness (QED) is 0.0557. The van der Waals surface area contributed by atoms with Crippen LogP contribution in [0.1, 0.15) is 125 Å². The van der Waals surface area contributed by atoms with Gasteiger partial charge in [0.25, 0.3) is 17.4 Å². The first-order chi connectivity index (χ1) is 43.4. The molecule has 1 aliphatic carbocycles. The van der Waals surface area contributed by atoms with Gasteiger partial charge in [0.2, 0.25) is 11.9 Å². The number of fused-ring (bicyclic) bond motifs is 2. The van der Waals surface area contributed by atoms with Crippen LogP contribution in [0.4, 0.5) is 33.8 Å². The number of pyridine rings is 3. The molecule has 0 unspecified atom stereocenters. The van der Waals surface area contributed by atoms with Crippen molar-refractivity contribution in [3.63, 3.8) is 0 Å². The molecule has 0 bridgehead atoms. The normalized spacial score (nSPS) is 13.4. The van der Waals surface area contributed by atoms with E-state index in [0.29, 0.717) is 52.4 Å². The minimum absolute atomic E-state index is 0.0147. The van der Waals surface area contributed by atoms with Gasteiger partial charge in [0.1, 0.15) is 40.3 Å². The summed E-state index contributed by atoms with van der Waals surface area (Å²) >= 11 is 0. The van der Waals surface area contributed by atoms with Crippen molar-refractivity contribution >= 4 is 62.9 Å². The van der Waals surface area contributed by atoms with Gasteiger partial charge in [-0.3, -0.25) is 33.5 Å². The molecule has 5 aromatic heterocycles. The predicted molar refractivity (Wildman–Crippen MR) is 350 cm³/mol. The maximum Gasteiger partial charge on any atom is 0.256 e. The van der Waals surface area contributed by atoms with Crippen LogP contribution in [0.15, 0.2) is 125 Å². The topological polar surface area (TPSA) is 240 Å². The summed E-state index contributed by atoms with van der Waals surface area (Å²) in [5, 5.41) is 27.6. The zero-order valence-corrected chi connectivity index (χ0v) is 53.2. The second-order valence-corrected chi connectivity index (χ2v) is 26.4. The molecule has 6 heterocycles. The minimum Gasteiger partial charge on any atom is -0.394 e. The van der Waals surface area contributed by atoms with Crippen LogP contribution in [0.3, 0.4) is 0 Å². The summed E-state index contributed by atoms with van der Waals surface area (Å²) in [7, 11) is 0. The van der Waals surface area contributed by atoms with Crippen molar-refractivity contribution in [2.45, 2.75) is 114 Å². The van der Waals surface area contributed by atoms with Crippen LogP contribution in [-0.2, 0) is 6.54 Å². The molecular formula is C70H75F5N12O5. The summed E-state index contributed by atoms with van der Waals surface area (Å²) < 4.78 is 73.7. The third kappa shape index (κ3) is 15.8. The Hall–Kier alpha value is -9.54. The number of nitrogens with one attached hydrogen (secondary N) is 3. The molecule has 92 heavy (non-hydrogen) atoms. The average molecular weight is 1260 g/mol. The molecule has 22 heteroatoms. The van der Waals surface area contributed by atoms with E-state index < -0.39 is 53.8 Å². The number of benzene rings is 4. The fourth-order valence-electron chi connectivity index (χ4n) is 10.0. The van der Waals surface area contributed by atoms with Crippen LogP contribution < -0.4 is 27.2 Å². The minimum atomic E-state index is -0.971. The molecule has 480 valence electrons. The highest BCUT2D eigenvalue weighted by molar-refractivity contribution is 6.11. The molecule has 2 aliphatic rings. The summed E-state index contributed by atoms with van der Waals surface area (Å²) in [5.74, 6) is -3.22. The monoisotopic (exact) mass is 1260 g/mol. The Bertz CT molecular complexity index is 4360. The molecule has 0 radical (unpaired) electrons. The number of aliphatic hydroxyl groups is 2. The Labute approximate surface area is 529 Å². The number of anilines is 2. The van der Waals surface area contributed by atoms with Gasteiger partial charge in [0, 0.05) is 82.2 Å². The number of hydrogen-bond acceptors (Lipinski definition) is 13. The molecule has 9 aromatic rings. The van der Waals surface area contributed by atoms with Crippen molar-refractivity contribution in [2.24, 2.45) is 21.2 Å². The van der Waals surface area contributed by atoms with Crippen LogP contribution >= 0.6 is 0 Å². The van der Waals surface area contributed by atoms with Crippen molar-refractivity contribution in [3.8, 4) is 28.2 Å². The zero-order valence-electron chi connectivity index (χ0n) is 53.2. The zero-order chi connectivity index (χ0) is 66.7. The summed E-state index contributed by atoms with van der Waals surface area (Å²) in [6.45, 7) is 22.8. The molecule has 7 N–H and O–H groups in total. The molecular weight excluding hydrogens is 1180 g/mol. The number of nitrogen functional groups attached to an aromatic ring is 1. The lowest BCUT2D eigenvalue weighted by Crippen LogP contribution is -2.32. The van der Waals surface area contributed by atoms with Gasteiger partial charge in [-0.25, -0.2) is 36.9 Å². The van der Waals surface area contributed by atoms with Gasteiger partial charge >= 0.3 is 0 Å². The third-order valence-corrected chi connectivity index (χ3v) is 15.2. The van der Waals surface area contributed by atoms with E-state index in [-0.39, 0.29) is 68.2 Å². The Morgan fingerprint density at radius 2 is 1.37 bits per heavy atom. The Morgan fingerprint density at radius 3 is 1.98 bits per heavy atom. The van der Waals surface area contributed by atoms with E-state index in [1.165, 1.54) is 54.7 Å². The number of carbonyl (C=O) groups excluding carboxylic acids is 2. The number of imidazole rings is 1. The van der Waals surface area contributed by atoms with Crippen molar-refractivity contribution in [1.82, 2.24) is 44.7 Å². The largest absolute Gasteiger partial charge is 0.394 e. The fourth-order valence-corrected chi connectivity index (χ4v) is 10.0. The molecule has 1 fully saturated rings. The van der Waals surface area contributed by atoms with E-state index in [0.717, 1.165) is 81.6 Å². The van der Waals surface area contributed by atoms with Crippen molar-refractivity contribution < 1.29 is 41.8 Å². The van der Waals surface area contributed by atoms with Crippen molar-refractivity contribution in [1.29, 1.82) is 0 Å². The highest BCUT2D eigenvalue weighted by Crippen LogP contribution is 2.40. The Balaban J connectivity index is 0.000000164. The van der Waals surface area contributed by atoms with Gasteiger partial charge in [-0.1, -0.05) is 68.4 Å². The van der Waals surface area contributed by atoms with E-state index in [4.69, 9.17) is 15.7 Å². The highest BCUT2D eigenvalue weighted by Gasteiger charge is 2.31. The van der Waals surface area contributed by atoms with Gasteiger partial charge in [-0.2, -0.15) is 4.98 Å². The number of carbonyl (C=O) groups is 2. The number of hydrogen-bond donors (Lipinski definition) is 6. The third-order valence-electron chi connectivity index (χ3n) is 15.2. The first kappa shape index (κ1) is 66.9. The summed E-state index contributed by atoms with van der Waals surface area (Å²) in [6.07, 6.45) is 4.11. The Kier molecular flexibility index (Phi) is 19.7. The number of rotatable bonds is 14. The number of halogens is 5. The lowest BCUT2D eigenvalue weighted by Gasteiger charge is -2.20. The molecule has 2 amide bonds. The molecule has 0 atom stereocenters. The van der Waals surface area contributed by atoms with Crippen LogP contribution in [-0.4, -0.2) is 93.6 Å². The number of aromatic nitrogens is 7. The summed E-state index contributed by atoms with van der Waals surface area (Å²) in [5.41, 5.74) is 14.5. The molecule has 4 aromatic carbocycles. The average Bonchev–Trinajstić information content (AvgIpc) is 0.955. The second kappa shape index (κ2) is 27.1. The van der Waals surface area contributed by atoms with Gasteiger partial charge in [0.15, 0.2) is 11.3 Å². The maximum absolute atomic E-state index is 14.6. The number of para-hydroxylation sites is 1. The molecule has 0 spiro atoms. The number of aliphatic imine (C=N–C) groups is 1. The number of aliphatic hydroxyl groups excluding tert-OH is 2. The Morgan fingerprint density at radius 1 is 0.696 bits per heavy atom. The molecule has 0 saturated heterocycles. The van der Waals surface area contributed by atoms with Crippen molar-refractivity contribution in [3.05, 3.63) is 188 Å². The standard InChI is InChI=1S/C25H30FN5.C23H19F3N4O3.C22H26FN3O2/c1-24(2,3)14-31-22-19(29-23(31)27)12-11-18(28-22)17-13-20(25(4,5)6)30-21(17)15-7-9-16(26)10-8-15;1-12-9-13(24)5-6-15(12)20-16-7-8-19(33)30(21-17(25)3-2-4-18(21)26)22(16)29-23(28-20)27-14(10-31)11-32;1-13-17(9-15(10-18(13)23)21(28)26-16-6-7-16)19-8-5-14(11-24-19)20(27)25-12-22(2,3)4/h7-12H,13-14H2,1-6H3,(H2,27,29);2-9,14,31-32H,10-11H2,1H3,(H,27,28,29);5,8-11,16H,6-7,12H2,1-4H3,(H,25,27)(H,26,28). The van der Waals surface area contributed by atoms with Crippen molar-refractivity contribution in [2.75, 3.05) is 30.8 Å². The van der Waals surface area contributed by atoms with E-state index >= 15 is 0 Å². The molecule has 11 rings (SSSR count). The molecule has 17 nitrogen and oxygen atoms in total. The fraction of sp³-hybridized carbons (Fsp3) is 0.329. The SMILES string of the molecule is CC(C)(C)Cn1c(N)nc2ccc(C3=C(c4ccc(F)cc4)N=C(C(C)(C)C)C3)nc21.Cc1c(F)cc(C(=O)NC2CC2)cc1-c1ccc(C(=O)NCC(C)(C)C)cn1.Cc1cc(F)ccc1-c1nc(NC(CO)CO)nc2c1ccc(=O)n2-c1c(F)cccc1F. The summed E-state index contributed by atoms with van der Waals surface area (Å²) in [4.78, 5) is 64.8. The maximum atomic E-state index is 14.6. The van der Waals surface area contributed by atoms with Crippen LogP contribution in [0.25, 0.3) is 61.7 Å². The lowest BCUT2D eigenvalue weighted by molar-refractivity contribution is 0.0935. The predicted octanol–water partition coefficient (Wildman–Crippen LogP) is 12.8. The molecule has 1 saturated carbocycles. The number of nitrogens with two attached hydrogens (primary N) is 1. The van der Waals surface area contributed by atoms with E-state index in [1.807, 2.05) is 37.5 Å². The van der Waals surface area contributed by atoms with E-state index in [1.54, 1.807) is 44.2 Å². The van der Waals surface area contributed by atoms with Crippen LogP contribution in [0, 0.1) is 59.2 Å². The molecule has 1 aliphatic heterocycles. The van der Waals surface area contributed by atoms with Gasteiger partial charge in [-0.05, 0) is 146 Å². The first-order valence-electron chi connectivity index (χ1n) is 30.1. The number of aryl methyl sites for hydroxylation is 1. The summed E-state index contributed by atoms with van der Waals surface area (Å²) in [6, 6.07) is 25.9. The van der Waals surface area contributed by atoms with Crippen LogP contribution in [0.5, 0.6) is 0 Å². The number of amides is 2. The smallest absolute Gasteiger partial charge is 0.256 e. The number of nitrogens with zero attached hydrogens (tertiary/aromatic N) is 8. The lowest BCUT2D eigenvalue weighted by atomic mass is 9.86. The van der Waals surface area contributed by atoms with Gasteiger partial charge < -0.3 is 31.9 Å². The van der Waals surface area contributed by atoms with E-state index in [9.17, 15) is 46.5 Å². The highest BCUT2D eigenvalue weighted by atomic mass is 19.1.